The quantitative estimate of drug-likeness (QED) is 0.123. The zero-order chi connectivity index (χ0) is 40.5. The number of nitrogens with zero attached hydrogens (tertiary/aromatic N) is 2. The highest BCUT2D eigenvalue weighted by atomic mass is 15.2. The van der Waals surface area contributed by atoms with Crippen LogP contribution in [0.2, 0.25) is 0 Å². The Morgan fingerprint density at radius 3 is 1.25 bits per heavy atom. The summed E-state index contributed by atoms with van der Waals surface area (Å²) in [5, 5.41) is 0. The van der Waals surface area contributed by atoms with Crippen molar-refractivity contribution in [2.24, 2.45) is 0 Å². The fraction of sp³-hybridized carbons (Fsp3) is 0.143. The normalized spacial score (nSPS) is 13.2. The molecule has 2 nitrogen and oxygen atoms in total. The van der Waals surface area contributed by atoms with Crippen LogP contribution in [0.4, 0.5) is 34.1 Å². The van der Waals surface area contributed by atoms with Crippen molar-refractivity contribution in [2.75, 3.05) is 9.80 Å². The van der Waals surface area contributed by atoms with E-state index in [1.807, 2.05) is 0 Å². The standard InChI is InChI=1S/C56H49BN2/c1-38-17-16-24-47(33-38)59-51-35-40(3)26-32-49(51)57-48-31-25-39(2)34-50(48)58(52-36-45(55(4,5)6)37-53(59)54(52)57)46-29-27-44(28-30-46)56(41-18-10-7-11-19-41,42-20-12-8-13-21-42)43-22-14-9-15-23-43/h7-37H,1-6H3. The van der Waals surface area contributed by atoms with Crippen LogP contribution in [0.5, 0.6) is 0 Å². The minimum absolute atomic E-state index is 0.0821. The molecule has 286 valence electrons. The van der Waals surface area contributed by atoms with Gasteiger partial charge >= 0.3 is 0 Å². The topological polar surface area (TPSA) is 6.48 Å². The number of hydrogen-bond donors (Lipinski definition) is 0. The molecule has 0 amide bonds. The van der Waals surface area contributed by atoms with Gasteiger partial charge in [-0.2, -0.15) is 0 Å². The highest BCUT2D eigenvalue weighted by Crippen LogP contribution is 2.49. The lowest BCUT2D eigenvalue weighted by Crippen LogP contribution is -2.61. The summed E-state index contributed by atoms with van der Waals surface area (Å²) in [6.07, 6.45) is 0. The summed E-state index contributed by atoms with van der Waals surface area (Å²) in [4.78, 5) is 5.09. The van der Waals surface area contributed by atoms with Crippen LogP contribution in [-0.2, 0) is 10.8 Å². The van der Waals surface area contributed by atoms with E-state index in [-0.39, 0.29) is 12.1 Å². The summed E-state index contributed by atoms with van der Waals surface area (Å²) >= 11 is 0. The molecule has 2 aliphatic heterocycles. The number of benzene rings is 8. The summed E-state index contributed by atoms with van der Waals surface area (Å²) in [5.74, 6) is 0. The third-order valence-electron chi connectivity index (χ3n) is 12.7. The van der Waals surface area contributed by atoms with Gasteiger partial charge in [-0.1, -0.05) is 160 Å². The number of hydrogen-bond acceptors (Lipinski definition) is 2. The third kappa shape index (κ3) is 5.94. The van der Waals surface area contributed by atoms with Crippen molar-refractivity contribution in [1.29, 1.82) is 0 Å². The van der Waals surface area contributed by atoms with Crippen LogP contribution in [0.1, 0.15) is 65.3 Å². The van der Waals surface area contributed by atoms with Crippen molar-refractivity contribution in [3.05, 3.63) is 233 Å². The van der Waals surface area contributed by atoms with Crippen molar-refractivity contribution < 1.29 is 0 Å². The molecular weight excluding hydrogens is 711 g/mol. The Kier molecular flexibility index (Phi) is 8.76. The highest BCUT2D eigenvalue weighted by Gasteiger charge is 2.44. The largest absolute Gasteiger partial charge is 0.311 e. The molecule has 0 saturated heterocycles. The van der Waals surface area contributed by atoms with Crippen LogP contribution in [0, 0.1) is 20.8 Å². The van der Waals surface area contributed by atoms with E-state index in [9.17, 15) is 0 Å². The second kappa shape index (κ2) is 14.1. The summed E-state index contributed by atoms with van der Waals surface area (Å²) < 4.78 is 0. The first-order chi connectivity index (χ1) is 28.6. The molecule has 0 spiro atoms. The van der Waals surface area contributed by atoms with E-state index in [4.69, 9.17) is 0 Å². The average Bonchev–Trinajstić information content (AvgIpc) is 3.25. The van der Waals surface area contributed by atoms with Gasteiger partial charge in [0.05, 0.1) is 5.41 Å². The lowest BCUT2D eigenvalue weighted by Gasteiger charge is -2.45. The molecule has 0 fully saturated rings. The molecule has 0 atom stereocenters. The Bertz CT molecular complexity index is 2740. The van der Waals surface area contributed by atoms with E-state index < -0.39 is 5.41 Å². The predicted molar refractivity (Wildman–Crippen MR) is 252 cm³/mol. The van der Waals surface area contributed by atoms with Gasteiger partial charge in [-0.25, -0.2) is 0 Å². The molecule has 0 unspecified atom stereocenters. The van der Waals surface area contributed by atoms with Gasteiger partial charge in [0, 0.05) is 34.1 Å². The zero-order valence-corrected chi connectivity index (χ0v) is 34.9. The van der Waals surface area contributed by atoms with Crippen LogP contribution >= 0.6 is 0 Å². The first-order valence-electron chi connectivity index (χ1n) is 21.0. The zero-order valence-electron chi connectivity index (χ0n) is 34.9. The van der Waals surface area contributed by atoms with Gasteiger partial charge < -0.3 is 9.80 Å². The van der Waals surface area contributed by atoms with Crippen molar-refractivity contribution in [2.45, 2.75) is 52.4 Å². The summed E-state index contributed by atoms with van der Waals surface area (Å²) in [5.41, 5.74) is 20.8. The van der Waals surface area contributed by atoms with E-state index in [0.29, 0.717) is 0 Å². The molecule has 8 aromatic carbocycles. The van der Waals surface area contributed by atoms with E-state index >= 15 is 0 Å². The minimum Gasteiger partial charge on any atom is -0.311 e. The minimum atomic E-state index is -0.523. The first-order valence-corrected chi connectivity index (χ1v) is 21.0. The van der Waals surface area contributed by atoms with Crippen molar-refractivity contribution in [3.8, 4) is 0 Å². The SMILES string of the molecule is Cc1cccc(N2c3cc(C)ccc3B3c4ccc(C)cc4N(c4ccc(C(c5ccccc5)(c5ccccc5)c5ccccc5)cc4)c4cc(C(C)(C)C)cc2c43)c1. The van der Waals surface area contributed by atoms with Crippen molar-refractivity contribution >= 4 is 57.2 Å². The Morgan fingerprint density at radius 2 is 0.797 bits per heavy atom. The van der Waals surface area contributed by atoms with Crippen LogP contribution < -0.4 is 26.2 Å². The molecule has 0 radical (unpaired) electrons. The monoisotopic (exact) mass is 760 g/mol. The summed E-state index contributed by atoms with van der Waals surface area (Å²) in [6, 6.07) is 70.6. The lowest BCUT2D eigenvalue weighted by molar-refractivity contribution is 0.590. The van der Waals surface area contributed by atoms with E-state index in [1.54, 1.807) is 0 Å². The number of anilines is 6. The van der Waals surface area contributed by atoms with Crippen LogP contribution in [0.25, 0.3) is 0 Å². The van der Waals surface area contributed by atoms with Crippen molar-refractivity contribution in [1.82, 2.24) is 0 Å². The summed E-state index contributed by atoms with van der Waals surface area (Å²) in [7, 11) is 0. The second-order valence-corrected chi connectivity index (χ2v) is 17.6. The van der Waals surface area contributed by atoms with Gasteiger partial charge in [-0.3, -0.25) is 0 Å². The molecule has 0 saturated carbocycles. The van der Waals surface area contributed by atoms with Crippen LogP contribution in [0.3, 0.4) is 0 Å². The van der Waals surface area contributed by atoms with Gasteiger partial charge in [-0.15, -0.1) is 0 Å². The Morgan fingerprint density at radius 1 is 0.356 bits per heavy atom. The number of fused-ring (bicyclic) bond motifs is 4. The molecule has 59 heavy (non-hydrogen) atoms. The fourth-order valence-corrected chi connectivity index (χ4v) is 9.89. The maximum absolute atomic E-state index is 2.56. The maximum Gasteiger partial charge on any atom is 0.252 e. The number of rotatable bonds is 6. The Labute approximate surface area is 350 Å². The van der Waals surface area contributed by atoms with E-state index in [0.717, 1.165) is 5.69 Å². The molecule has 3 heteroatoms. The molecule has 10 rings (SSSR count). The van der Waals surface area contributed by atoms with E-state index in [1.165, 1.54) is 89.3 Å². The van der Waals surface area contributed by atoms with Crippen LogP contribution in [0.15, 0.2) is 188 Å². The van der Waals surface area contributed by atoms with Gasteiger partial charge in [0.25, 0.3) is 6.71 Å². The fourth-order valence-electron chi connectivity index (χ4n) is 9.89. The Balaban J connectivity index is 1.24. The van der Waals surface area contributed by atoms with Crippen molar-refractivity contribution in [3.63, 3.8) is 0 Å². The third-order valence-corrected chi connectivity index (χ3v) is 12.7. The first kappa shape index (κ1) is 36.7. The molecule has 2 aliphatic rings. The lowest BCUT2D eigenvalue weighted by atomic mass is 9.33. The van der Waals surface area contributed by atoms with Gasteiger partial charge in [0.15, 0.2) is 0 Å². The molecule has 0 N–H and O–H groups in total. The summed E-state index contributed by atoms with van der Waals surface area (Å²) in [6.45, 7) is 13.7. The Hall–Kier alpha value is -6.58. The maximum atomic E-state index is 2.56. The predicted octanol–water partition coefficient (Wildman–Crippen LogP) is 12.4. The molecule has 8 aromatic rings. The molecule has 2 heterocycles. The average molecular weight is 761 g/mol. The smallest absolute Gasteiger partial charge is 0.252 e. The second-order valence-electron chi connectivity index (χ2n) is 17.6. The molecule has 0 bridgehead atoms. The van der Waals surface area contributed by atoms with E-state index in [2.05, 4.69) is 239 Å². The number of aryl methyl sites for hydroxylation is 3. The molecule has 0 aliphatic carbocycles. The molecular formula is C56H49BN2. The highest BCUT2D eigenvalue weighted by molar-refractivity contribution is 7.00. The van der Waals surface area contributed by atoms with Gasteiger partial charge in [0.1, 0.15) is 0 Å². The molecule has 0 aromatic heterocycles. The van der Waals surface area contributed by atoms with Gasteiger partial charge in [-0.05, 0) is 136 Å². The van der Waals surface area contributed by atoms with Crippen LogP contribution in [-0.4, -0.2) is 6.71 Å². The van der Waals surface area contributed by atoms with Gasteiger partial charge in [0.2, 0.25) is 0 Å².